The molecule has 0 unspecified atom stereocenters. The molecule has 4 rings (SSSR count). The summed E-state index contributed by atoms with van der Waals surface area (Å²) in [7, 11) is 0. The highest BCUT2D eigenvalue weighted by Gasteiger charge is 2.25. The van der Waals surface area contributed by atoms with Gasteiger partial charge in [-0.3, -0.25) is 4.79 Å². The molecule has 2 aliphatic rings. The number of benzene rings is 1. The van der Waals surface area contributed by atoms with E-state index in [0.717, 1.165) is 19.4 Å². The standard InChI is InChI=1S/C23H28FN5O3/c24-18-5-1-4-17(14-18)15-27-23(31)29-11-9-28(10-12-29)21-20(7-2-8-25-21)22(30)26-16-19-6-3-13-32-19/h1-2,4-5,7-8,14,19H,3,6,9-13,15-16H2,(H,26,30)(H,27,31)/t19-/m1/s1. The van der Waals surface area contributed by atoms with Crippen molar-refractivity contribution in [3.05, 3.63) is 59.5 Å². The van der Waals surface area contributed by atoms with Crippen LogP contribution >= 0.6 is 0 Å². The zero-order valence-electron chi connectivity index (χ0n) is 17.9. The highest BCUT2D eigenvalue weighted by atomic mass is 19.1. The van der Waals surface area contributed by atoms with E-state index < -0.39 is 0 Å². The number of carbonyl (C=O) groups excluding carboxylic acids is 2. The lowest BCUT2D eigenvalue weighted by atomic mass is 10.2. The molecule has 2 aromatic rings. The molecule has 2 saturated heterocycles. The van der Waals surface area contributed by atoms with Crippen LogP contribution in [0.25, 0.3) is 0 Å². The van der Waals surface area contributed by atoms with Gasteiger partial charge in [-0.1, -0.05) is 12.1 Å². The van der Waals surface area contributed by atoms with Crippen LogP contribution in [0.1, 0.15) is 28.8 Å². The van der Waals surface area contributed by atoms with Gasteiger partial charge < -0.3 is 25.2 Å². The van der Waals surface area contributed by atoms with Gasteiger partial charge in [0, 0.05) is 52.1 Å². The molecule has 2 fully saturated rings. The number of nitrogens with one attached hydrogen (secondary N) is 2. The van der Waals surface area contributed by atoms with Gasteiger partial charge in [0.2, 0.25) is 0 Å². The Morgan fingerprint density at radius 1 is 1.12 bits per heavy atom. The van der Waals surface area contributed by atoms with E-state index >= 15 is 0 Å². The molecule has 1 aromatic carbocycles. The van der Waals surface area contributed by atoms with E-state index in [-0.39, 0.29) is 30.4 Å². The van der Waals surface area contributed by atoms with Crippen molar-refractivity contribution >= 4 is 17.8 Å². The van der Waals surface area contributed by atoms with Gasteiger partial charge in [0.25, 0.3) is 5.91 Å². The second-order valence-electron chi connectivity index (χ2n) is 7.98. The summed E-state index contributed by atoms with van der Waals surface area (Å²) in [6, 6.07) is 9.50. The molecule has 0 saturated carbocycles. The third kappa shape index (κ3) is 5.53. The molecular formula is C23H28FN5O3. The Labute approximate surface area is 186 Å². The van der Waals surface area contributed by atoms with Crippen LogP contribution in [0.15, 0.2) is 42.6 Å². The van der Waals surface area contributed by atoms with Crippen molar-refractivity contribution in [3.8, 4) is 0 Å². The molecule has 0 aliphatic carbocycles. The number of anilines is 1. The largest absolute Gasteiger partial charge is 0.376 e. The SMILES string of the molecule is O=C(NC[C@H]1CCCO1)c1cccnc1N1CCN(C(=O)NCc2cccc(F)c2)CC1. The lowest BCUT2D eigenvalue weighted by Gasteiger charge is -2.36. The van der Waals surface area contributed by atoms with E-state index in [1.54, 1.807) is 35.4 Å². The Hall–Kier alpha value is -3.20. The first-order valence-corrected chi connectivity index (χ1v) is 11.0. The Balaban J connectivity index is 1.30. The number of rotatable bonds is 6. The number of nitrogens with zero attached hydrogens (tertiary/aromatic N) is 3. The van der Waals surface area contributed by atoms with Crippen molar-refractivity contribution in [1.82, 2.24) is 20.5 Å². The Kier molecular flexibility index (Phi) is 7.16. The number of urea groups is 1. The van der Waals surface area contributed by atoms with Crippen molar-refractivity contribution in [2.24, 2.45) is 0 Å². The first kappa shape index (κ1) is 22.0. The zero-order valence-corrected chi connectivity index (χ0v) is 17.9. The van der Waals surface area contributed by atoms with Crippen LogP contribution in [-0.2, 0) is 11.3 Å². The number of aromatic nitrogens is 1. The molecule has 9 heteroatoms. The predicted octanol–water partition coefficient (Wildman–Crippen LogP) is 2.16. The highest BCUT2D eigenvalue weighted by Crippen LogP contribution is 2.19. The lowest BCUT2D eigenvalue weighted by molar-refractivity contribution is 0.0857. The predicted molar refractivity (Wildman–Crippen MR) is 118 cm³/mol. The number of pyridine rings is 1. The topological polar surface area (TPSA) is 86.8 Å². The molecule has 0 bridgehead atoms. The number of hydrogen-bond acceptors (Lipinski definition) is 5. The molecule has 3 amide bonds. The van der Waals surface area contributed by atoms with Gasteiger partial charge in [0.05, 0.1) is 11.7 Å². The van der Waals surface area contributed by atoms with Gasteiger partial charge in [-0.2, -0.15) is 0 Å². The maximum atomic E-state index is 13.3. The summed E-state index contributed by atoms with van der Waals surface area (Å²) < 4.78 is 18.9. The second-order valence-corrected chi connectivity index (χ2v) is 7.98. The van der Waals surface area contributed by atoms with Crippen molar-refractivity contribution in [3.63, 3.8) is 0 Å². The van der Waals surface area contributed by atoms with Crippen LogP contribution in [0.4, 0.5) is 15.0 Å². The van der Waals surface area contributed by atoms with Crippen LogP contribution < -0.4 is 15.5 Å². The normalized spacial score (nSPS) is 18.5. The first-order valence-electron chi connectivity index (χ1n) is 11.0. The maximum Gasteiger partial charge on any atom is 0.317 e. The van der Waals surface area contributed by atoms with Gasteiger partial charge in [-0.15, -0.1) is 0 Å². The minimum Gasteiger partial charge on any atom is -0.376 e. The fourth-order valence-corrected chi connectivity index (χ4v) is 3.99. The highest BCUT2D eigenvalue weighted by molar-refractivity contribution is 5.99. The van der Waals surface area contributed by atoms with Gasteiger partial charge in [0.15, 0.2) is 0 Å². The van der Waals surface area contributed by atoms with E-state index in [1.165, 1.54) is 12.1 Å². The monoisotopic (exact) mass is 441 g/mol. The van der Waals surface area contributed by atoms with Gasteiger partial charge in [0.1, 0.15) is 11.6 Å². The van der Waals surface area contributed by atoms with E-state index in [1.807, 2.05) is 4.90 Å². The van der Waals surface area contributed by atoms with E-state index in [4.69, 9.17) is 4.74 Å². The molecule has 0 spiro atoms. The van der Waals surface area contributed by atoms with E-state index in [2.05, 4.69) is 15.6 Å². The average molecular weight is 442 g/mol. The van der Waals surface area contributed by atoms with E-state index in [0.29, 0.717) is 49.7 Å². The maximum absolute atomic E-state index is 13.3. The molecule has 8 nitrogen and oxygen atoms in total. The van der Waals surface area contributed by atoms with Crippen LogP contribution in [0.3, 0.4) is 0 Å². The summed E-state index contributed by atoms with van der Waals surface area (Å²) in [5, 5.41) is 5.79. The summed E-state index contributed by atoms with van der Waals surface area (Å²) >= 11 is 0. The molecule has 2 aliphatic heterocycles. The minimum atomic E-state index is -0.323. The summed E-state index contributed by atoms with van der Waals surface area (Å²) in [5.74, 6) is 0.132. The number of carbonyl (C=O) groups is 2. The Bertz CT molecular complexity index is 943. The molecule has 170 valence electrons. The molecule has 2 N–H and O–H groups in total. The smallest absolute Gasteiger partial charge is 0.317 e. The number of halogens is 1. The number of piperazine rings is 1. The van der Waals surface area contributed by atoms with Gasteiger partial charge in [-0.25, -0.2) is 14.2 Å². The summed E-state index contributed by atoms with van der Waals surface area (Å²) in [5.41, 5.74) is 1.23. The van der Waals surface area contributed by atoms with Crippen LogP contribution in [-0.4, -0.2) is 67.3 Å². The number of ether oxygens (including phenoxy) is 1. The van der Waals surface area contributed by atoms with Crippen molar-refractivity contribution in [2.45, 2.75) is 25.5 Å². The average Bonchev–Trinajstić information content (AvgIpc) is 3.35. The quantitative estimate of drug-likeness (QED) is 0.718. The van der Waals surface area contributed by atoms with Crippen molar-refractivity contribution < 1.29 is 18.7 Å². The third-order valence-corrected chi connectivity index (χ3v) is 5.74. The lowest BCUT2D eigenvalue weighted by Crippen LogP contribution is -2.52. The van der Waals surface area contributed by atoms with Gasteiger partial charge >= 0.3 is 6.03 Å². The third-order valence-electron chi connectivity index (χ3n) is 5.74. The minimum absolute atomic E-state index is 0.0773. The van der Waals surface area contributed by atoms with Crippen molar-refractivity contribution in [2.75, 3.05) is 44.2 Å². The molecule has 0 radical (unpaired) electrons. The van der Waals surface area contributed by atoms with Crippen LogP contribution in [0.5, 0.6) is 0 Å². The Morgan fingerprint density at radius 2 is 1.97 bits per heavy atom. The second kappa shape index (κ2) is 10.4. The molecule has 32 heavy (non-hydrogen) atoms. The number of hydrogen-bond donors (Lipinski definition) is 2. The van der Waals surface area contributed by atoms with Crippen LogP contribution in [0.2, 0.25) is 0 Å². The summed E-state index contributed by atoms with van der Waals surface area (Å²) in [6.45, 7) is 3.65. The van der Waals surface area contributed by atoms with Crippen molar-refractivity contribution in [1.29, 1.82) is 0 Å². The van der Waals surface area contributed by atoms with E-state index in [9.17, 15) is 14.0 Å². The summed E-state index contributed by atoms with van der Waals surface area (Å²) in [6.07, 6.45) is 3.74. The fraction of sp³-hybridized carbons (Fsp3) is 0.435. The molecular weight excluding hydrogens is 413 g/mol. The zero-order chi connectivity index (χ0) is 22.3. The Morgan fingerprint density at radius 3 is 2.72 bits per heavy atom. The molecule has 3 heterocycles. The first-order chi connectivity index (χ1) is 15.6. The van der Waals surface area contributed by atoms with Gasteiger partial charge in [-0.05, 0) is 42.7 Å². The van der Waals surface area contributed by atoms with Crippen LogP contribution in [0, 0.1) is 5.82 Å². The summed E-state index contributed by atoms with van der Waals surface area (Å²) in [4.78, 5) is 33.4. The molecule has 1 aromatic heterocycles. The molecule has 1 atom stereocenters. The number of amides is 3. The fourth-order valence-electron chi connectivity index (χ4n) is 3.99.